The molecule has 28 heavy (non-hydrogen) atoms. The number of nitrogens with one attached hydrogen (secondary N) is 1. The Balaban J connectivity index is 1.58. The SMILES string of the molecule is Cc1ccc(NC(=O)c2ccc(C)c(C#Cc3cnc4ccnn4c3)c2)cc1. The van der Waals surface area contributed by atoms with E-state index in [-0.39, 0.29) is 5.91 Å². The molecule has 0 spiro atoms. The van der Waals surface area contributed by atoms with E-state index in [4.69, 9.17) is 0 Å². The molecular weight excluding hydrogens is 348 g/mol. The number of carbonyl (C=O) groups is 1. The van der Waals surface area contributed by atoms with E-state index in [0.29, 0.717) is 5.56 Å². The normalized spacial score (nSPS) is 10.4. The van der Waals surface area contributed by atoms with Gasteiger partial charge in [0, 0.05) is 35.3 Å². The molecule has 5 nitrogen and oxygen atoms in total. The highest BCUT2D eigenvalue weighted by Gasteiger charge is 2.08. The zero-order valence-electron chi connectivity index (χ0n) is 15.6. The average Bonchev–Trinajstić information content (AvgIpc) is 3.17. The molecule has 5 heteroatoms. The zero-order valence-corrected chi connectivity index (χ0v) is 15.6. The van der Waals surface area contributed by atoms with E-state index in [1.807, 2.05) is 62.5 Å². The molecule has 0 saturated carbocycles. The number of anilines is 1. The lowest BCUT2D eigenvalue weighted by atomic mass is 10.0. The van der Waals surface area contributed by atoms with Crippen LogP contribution in [0.5, 0.6) is 0 Å². The van der Waals surface area contributed by atoms with Crippen LogP contribution in [-0.4, -0.2) is 20.5 Å². The highest BCUT2D eigenvalue weighted by molar-refractivity contribution is 6.04. The minimum absolute atomic E-state index is 0.161. The number of aryl methyl sites for hydroxylation is 2. The number of aromatic nitrogens is 3. The van der Waals surface area contributed by atoms with Crippen molar-refractivity contribution in [1.29, 1.82) is 0 Å². The second-order valence-corrected chi connectivity index (χ2v) is 6.58. The lowest BCUT2D eigenvalue weighted by Gasteiger charge is -2.07. The Morgan fingerprint density at radius 3 is 2.68 bits per heavy atom. The van der Waals surface area contributed by atoms with E-state index in [1.54, 1.807) is 23.0 Å². The van der Waals surface area contributed by atoms with Gasteiger partial charge < -0.3 is 5.32 Å². The van der Waals surface area contributed by atoms with Gasteiger partial charge in [0.1, 0.15) is 0 Å². The average molecular weight is 366 g/mol. The van der Waals surface area contributed by atoms with Crippen LogP contribution in [0.15, 0.2) is 67.1 Å². The van der Waals surface area contributed by atoms with E-state index in [1.165, 1.54) is 0 Å². The van der Waals surface area contributed by atoms with E-state index in [2.05, 4.69) is 27.2 Å². The summed E-state index contributed by atoms with van der Waals surface area (Å²) < 4.78 is 1.68. The van der Waals surface area contributed by atoms with E-state index >= 15 is 0 Å². The second kappa shape index (κ2) is 7.37. The number of rotatable bonds is 2. The summed E-state index contributed by atoms with van der Waals surface area (Å²) in [5.41, 5.74) is 5.82. The first-order valence-corrected chi connectivity index (χ1v) is 8.88. The van der Waals surface area contributed by atoms with Gasteiger partial charge in [0.25, 0.3) is 5.91 Å². The highest BCUT2D eigenvalue weighted by Crippen LogP contribution is 2.14. The third-order valence-corrected chi connectivity index (χ3v) is 4.40. The van der Waals surface area contributed by atoms with Crippen LogP contribution >= 0.6 is 0 Å². The van der Waals surface area contributed by atoms with Crippen molar-refractivity contribution in [2.75, 3.05) is 5.32 Å². The van der Waals surface area contributed by atoms with Crippen molar-refractivity contribution in [2.24, 2.45) is 0 Å². The first kappa shape index (κ1) is 17.5. The monoisotopic (exact) mass is 366 g/mol. The topological polar surface area (TPSA) is 59.3 Å². The predicted molar refractivity (Wildman–Crippen MR) is 109 cm³/mol. The fourth-order valence-corrected chi connectivity index (χ4v) is 2.75. The number of carbonyl (C=O) groups excluding carboxylic acids is 1. The molecule has 2 aromatic heterocycles. The Morgan fingerprint density at radius 2 is 1.86 bits per heavy atom. The van der Waals surface area contributed by atoms with Crippen LogP contribution in [0.2, 0.25) is 0 Å². The molecule has 0 radical (unpaired) electrons. The van der Waals surface area contributed by atoms with Crippen molar-refractivity contribution >= 4 is 17.2 Å². The first-order chi connectivity index (χ1) is 13.6. The van der Waals surface area contributed by atoms with Crippen LogP contribution in [0, 0.1) is 25.7 Å². The van der Waals surface area contributed by atoms with Gasteiger partial charge in [-0.2, -0.15) is 5.10 Å². The second-order valence-electron chi connectivity index (χ2n) is 6.58. The van der Waals surface area contributed by atoms with Crippen LogP contribution in [0.4, 0.5) is 5.69 Å². The van der Waals surface area contributed by atoms with Crippen LogP contribution in [0.3, 0.4) is 0 Å². The van der Waals surface area contributed by atoms with Crippen LogP contribution in [0.1, 0.15) is 32.6 Å². The summed E-state index contributed by atoms with van der Waals surface area (Å²) in [5.74, 6) is 6.08. The molecule has 2 heterocycles. The molecule has 0 fully saturated rings. The summed E-state index contributed by atoms with van der Waals surface area (Å²) in [6, 6.07) is 15.1. The van der Waals surface area contributed by atoms with Crippen LogP contribution < -0.4 is 5.32 Å². The minimum atomic E-state index is -0.161. The largest absolute Gasteiger partial charge is 0.322 e. The molecule has 4 aromatic rings. The fraction of sp³-hybridized carbons (Fsp3) is 0.0870. The molecular formula is C23H18N4O. The standard InChI is InChI=1S/C23H18N4O/c1-16-3-9-21(10-4-16)26-23(28)20-7-5-17(2)19(13-20)8-6-18-14-24-22-11-12-25-27(22)15-18/h3-5,7,9-15H,1-2H3,(H,26,28). The first-order valence-electron chi connectivity index (χ1n) is 8.88. The third-order valence-electron chi connectivity index (χ3n) is 4.40. The molecule has 0 saturated heterocycles. The Morgan fingerprint density at radius 1 is 1.04 bits per heavy atom. The van der Waals surface area contributed by atoms with Crippen molar-refractivity contribution in [2.45, 2.75) is 13.8 Å². The maximum absolute atomic E-state index is 12.6. The van der Waals surface area contributed by atoms with Gasteiger partial charge in [-0.3, -0.25) is 4.79 Å². The van der Waals surface area contributed by atoms with Gasteiger partial charge in [-0.1, -0.05) is 35.6 Å². The summed E-state index contributed by atoms with van der Waals surface area (Å²) in [5, 5.41) is 7.08. The number of hydrogen-bond donors (Lipinski definition) is 1. The Hall–Kier alpha value is -3.91. The van der Waals surface area contributed by atoms with Gasteiger partial charge in [-0.05, 0) is 43.7 Å². The predicted octanol–water partition coefficient (Wildman–Crippen LogP) is 4.00. The van der Waals surface area contributed by atoms with E-state index < -0.39 is 0 Å². The lowest BCUT2D eigenvalue weighted by Crippen LogP contribution is -2.12. The quantitative estimate of drug-likeness (QED) is 0.546. The van der Waals surface area contributed by atoms with Crippen LogP contribution in [-0.2, 0) is 0 Å². The minimum Gasteiger partial charge on any atom is -0.322 e. The molecule has 0 aliphatic heterocycles. The number of fused-ring (bicyclic) bond motifs is 1. The van der Waals surface area contributed by atoms with Crippen molar-refractivity contribution in [3.8, 4) is 11.8 Å². The van der Waals surface area contributed by atoms with Crippen molar-refractivity contribution in [3.05, 3.63) is 94.9 Å². The molecule has 0 unspecified atom stereocenters. The van der Waals surface area contributed by atoms with Gasteiger partial charge in [-0.25, -0.2) is 9.50 Å². The summed E-state index contributed by atoms with van der Waals surface area (Å²) in [4.78, 5) is 16.9. The Bertz CT molecular complexity index is 1230. The maximum Gasteiger partial charge on any atom is 0.255 e. The molecule has 0 atom stereocenters. The molecule has 0 aliphatic rings. The molecule has 1 amide bonds. The molecule has 0 aliphatic carbocycles. The number of hydrogen-bond acceptors (Lipinski definition) is 3. The number of amides is 1. The van der Waals surface area contributed by atoms with Gasteiger partial charge in [-0.15, -0.1) is 0 Å². The number of nitrogens with zero attached hydrogens (tertiary/aromatic N) is 3. The van der Waals surface area contributed by atoms with Gasteiger partial charge in [0.2, 0.25) is 0 Å². The van der Waals surface area contributed by atoms with Crippen LogP contribution in [0.25, 0.3) is 5.65 Å². The third kappa shape index (κ3) is 3.76. The molecule has 2 aromatic carbocycles. The van der Waals surface area contributed by atoms with Crippen molar-refractivity contribution in [1.82, 2.24) is 14.6 Å². The van der Waals surface area contributed by atoms with Gasteiger partial charge >= 0.3 is 0 Å². The highest BCUT2D eigenvalue weighted by atomic mass is 16.1. The Labute approximate surface area is 163 Å². The van der Waals surface area contributed by atoms with Gasteiger partial charge in [0.15, 0.2) is 5.65 Å². The summed E-state index contributed by atoms with van der Waals surface area (Å²) in [7, 11) is 0. The molecule has 136 valence electrons. The fourth-order valence-electron chi connectivity index (χ4n) is 2.75. The lowest BCUT2D eigenvalue weighted by molar-refractivity contribution is 0.102. The molecule has 0 bridgehead atoms. The van der Waals surface area contributed by atoms with Crippen molar-refractivity contribution in [3.63, 3.8) is 0 Å². The van der Waals surface area contributed by atoms with E-state index in [9.17, 15) is 4.79 Å². The molecule has 4 rings (SSSR count). The summed E-state index contributed by atoms with van der Waals surface area (Å²) >= 11 is 0. The van der Waals surface area contributed by atoms with Gasteiger partial charge in [0.05, 0.1) is 11.8 Å². The number of benzene rings is 2. The zero-order chi connectivity index (χ0) is 19.5. The summed E-state index contributed by atoms with van der Waals surface area (Å²) in [6.07, 6.45) is 5.24. The summed E-state index contributed by atoms with van der Waals surface area (Å²) in [6.45, 7) is 3.98. The maximum atomic E-state index is 12.6. The smallest absolute Gasteiger partial charge is 0.255 e. The van der Waals surface area contributed by atoms with Crippen molar-refractivity contribution < 1.29 is 4.79 Å². The molecule has 1 N–H and O–H groups in total. The van der Waals surface area contributed by atoms with E-state index in [0.717, 1.165) is 33.6 Å². The Kier molecular flexibility index (Phi) is 4.61.